The van der Waals surface area contributed by atoms with E-state index >= 15 is 0 Å². The van der Waals surface area contributed by atoms with Crippen molar-refractivity contribution >= 4 is 41.0 Å². The fraction of sp³-hybridized carbons (Fsp3) is 0.462. The molecule has 1 aromatic rings. The molecule has 1 saturated heterocycles. The second-order valence-corrected chi connectivity index (χ2v) is 6.58. The topological polar surface area (TPSA) is 20.3 Å². The Morgan fingerprint density at radius 2 is 2.28 bits per heavy atom. The molecule has 0 radical (unpaired) electrons. The third kappa shape index (κ3) is 3.16. The van der Waals surface area contributed by atoms with Crippen LogP contribution in [0.15, 0.2) is 24.3 Å². The Hall–Kier alpha value is -0.320. The van der Waals surface area contributed by atoms with Crippen LogP contribution in [0.25, 0.3) is 0 Å². The SMILES string of the molecule is CSCCCN1C(=O)CSC1c1ccccc1Cl. The Morgan fingerprint density at radius 1 is 1.50 bits per heavy atom. The second-order valence-electron chi connectivity index (χ2n) is 4.12. The van der Waals surface area contributed by atoms with Gasteiger partial charge in [0.1, 0.15) is 5.37 Å². The molecule has 18 heavy (non-hydrogen) atoms. The minimum Gasteiger partial charge on any atom is -0.326 e. The third-order valence-corrected chi connectivity index (χ3v) is 5.17. The quantitative estimate of drug-likeness (QED) is 0.774. The lowest BCUT2D eigenvalue weighted by molar-refractivity contribution is -0.128. The number of nitrogens with zero attached hydrogens (tertiary/aromatic N) is 1. The van der Waals surface area contributed by atoms with Crippen LogP contribution in [-0.4, -0.2) is 35.1 Å². The fourth-order valence-electron chi connectivity index (χ4n) is 2.01. The highest BCUT2D eigenvalue weighted by Crippen LogP contribution is 2.41. The maximum absolute atomic E-state index is 11.9. The standard InChI is InChI=1S/C13H16ClNOS2/c1-17-8-4-7-15-12(16)9-18-13(15)10-5-2-3-6-11(10)14/h2-3,5-6,13H,4,7-9H2,1H3. The Bertz CT molecular complexity index is 427. The number of thioether (sulfide) groups is 2. The van der Waals surface area contributed by atoms with E-state index in [1.807, 2.05) is 40.9 Å². The summed E-state index contributed by atoms with van der Waals surface area (Å²) in [5.41, 5.74) is 1.05. The number of hydrogen-bond donors (Lipinski definition) is 0. The lowest BCUT2D eigenvalue weighted by atomic mass is 10.2. The first-order valence-corrected chi connectivity index (χ1v) is 8.70. The minimum absolute atomic E-state index is 0.0908. The van der Waals surface area contributed by atoms with Crippen molar-refractivity contribution in [3.63, 3.8) is 0 Å². The van der Waals surface area contributed by atoms with E-state index in [0.29, 0.717) is 5.75 Å². The van der Waals surface area contributed by atoms with Gasteiger partial charge >= 0.3 is 0 Å². The zero-order valence-corrected chi connectivity index (χ0v) is 12.7. The number of halogens is 1. The molecule has 0 aliphatic carbocycles. The number of benzene rings is 1. The molecule has 0 aromatic heterocycles. The molecular formula is C13H16ClNOS2. The summed E-state index contributed by atoms with van der Waals surface area (Å²) in [7, 11) is 0. The maximum Gasteiger partial charge on any atom is 0.233 e. The minimum atomic E-state index is 0.0908. The van der Waals surface area contributed by atoms with Gasteiger partial charge in [0.2, 0.25) is 5.91 Å². The summed E-state index contributed by atoms with van der Waals surface area (Å²) in [6, 6.07) is 7.80. The molecule has 2 nitrogen and oxygen atoms in total. The molecule has 1 atom stereocenters. The molecule has 1 amide bonds. The van der Waals surface area contributed by atoms with Crippen molar-refractivity contribution in [3.05, 3.63) is 34.9 Å². The van der Waals surface area contributed by atoms with Gasteiger partial charge in [-0.2, -0.15) is 11.8 Å². The van der Waals surface area contributed by atoms with Crippen LogP contribution in [-0.2, 0) is 4.79 Å². The van der Waals surface area contributed by atoms with Crippen molar-refractivity contribution in [2.75, 3.05) is 24.3 Å². The van der Waals surface area contributed by atoms with Gasteiger partial charge < -0.3 is 4.90 Å². The number of carbonyl (C=O) groups is 1. The van der Waals surface area contributed by atoms with E-state index in [9.17, 15) is 4.79 Å². The molecule has 5 heteroatoms. The van der Waals surface area contributed by atoms with Gasteiger partial charge in [0.15, 0.2) is 0 Å². The van der Waals surface area contributed by atoms with Gasteiger partial charge in [-0.3, -0.25) is 4.79 Å². The molecule has 1 aliphatic rings. The van der Waals surface area contributed by atoms with E-state index in [4.69, 9.17) is 11.6 Å². The van der Waals surface area contributed by atoms with Crippen molar-refractivity contribution in [1.82, 2.24) is 4.90 Å². The molecule has 0 N–H and O–H groups in total. The van der Waals surface area contributed by atoms with Crippen molar-refractivity contribution in [1.29, 1.82) is 0 Å². The van der Waals surface area contributed by atoms with Gasteiger partial charge in [-0.1, -0.05) is 29.8 Å². The first-order valence-electron chi connectivity index (χ1n) is 5.88. The van der Waals surface area contributed by atoms with Crippen LogP contribution in [0.2, 0.25) is 5.02 Å². The summed E-state index contributed by atoms with van der Waals surface area (Å²) in [6.45, 7) is 0.822. The van der Waals surface area contributed by atoms with E-state index in [2.05, 4.69) is 6.26 Å². The molecule has 1 unspecified atom stereocenters. The maximum atomic E-state index is 11.9. The second kappa shape index (κ2) is 6.73. The van der Waals surface area contributed by atoms with Gasteiger partial charge in [-0.05, 0) is 24.5 Å². The zero-order chi connectivity index (χ0) is 13.0. The van der Waals surface area contributed by atoms with E-state index in [-0.39, 0.29) is 11.3 Å². The van der Waals surface area contributed by atoms with Gasteiger partial charge in [0.05, 0.1) is 5.75 Å². The molecule has 1 aliphatic heterocycles. The van der Waals surface area contributed by atoms with Gasteiger partial charge in [-0.25, -0.2) is 0 Å². The third-order valence-electron chi connectivity index (χ3n) is 2.89. The molecule has 1 fully saturated rings. The predicted molar refractivity (Wildman–Crippen MR) is 81.4 cm³/mol. The van der Waals surface area contributed by atoms with E-state index in [1.165, 1.54) is 0 Å². The summed E-state index contributed by atoms with van der Waals surface area (Å²) in [6.07, 6.45) is 3.13. The smallest absolute Gasteiger partial charge is 0.233 e. The molecule has 98 valence electrons. The zero-order valence-electron chi connectivity index (χ0n) is 10.3. The molecule has 1 aromatic carbocycles. The van der Waals surface area contributed by atoms with Gasteiger partial charge in [0, 0.05) is 17.1 Å². The van der Waals surface area contributed by atoms with Crippen LogP contribution in [0.3, 0.4) is 0 Å². The number of hydrogen-bond acceptors (Lipinski definition) is 3. The highest BCUT2D eigenvalue weighted by atomic mass is 35.5. The first-order chi connectivity index (χ1) is 8.74. The molecule has 0 spiro atoms. The predicted octanol–water partition coefficient (Wildman–Crippen LogP) is 3.67. The Labute approximate surface area is 121 Å². The number of amides is 1. The summed E-state index contributed by atoms with van der Waals surface area (Å²) < 4.78 is 0. The van der Waals surface area contributed by atoms with E-state index in [1.54, 1.807) is 11.8 Å². The largest absolute Gasteiger partial charge is 0.326 e. The van der Waals surface area contributed by atoms with E-state index < -0.39 is 0 Å². The first kappa shape index (κ1) is 14.1. The highest BCUT2D eigenvalue weighted by molar-refractivity contribution is 8.00. The van der Waals surface area contributed by atoms with Gasteiger partial charge in [-0.15, -0.1) is 11.8 Å². The van der Waals surface area contributed by atoms with Crippen molar-refractivity contribution in [2.24, 2.45) is 0 Å². The van der Waals surface area contributed by atoms with Crippen molar-refractivity contribution in [2.45, 2.75) is 11.8 Å². The summed E-state index contributed by atoms with van der Waals surface area (Å²) in [4.78, 5) is 13.9. The van der Waals surface area contributed by atoms with Crippen LogP contribution in [0.1, 0.15) is 17.4 Å². The Morgan fingerprint density at radius 3 is 3.00 bits per heavy atom. The van der Waals surface area contributed by atoms with Crippen LogP contribution < -0.4 is 0 Å². The summed E-state index contributed by atoms with van der Waals surface area (Å²) in [5, 5.41) is 0.840. The van der Waals surface area contributed by atoms with Crippen LogP contribution >= 0.6 is 35.1 Å². The number of rotatable bonds is 5. The number of carbonyl (C=O) groups excluding carboxylic acids is 1. The Kier molecular flexibility index (Phi) is 5.27. The molecule has 0 bridgehead atoms. The molecule has 0 saturated carbocycles. The summed E-state index contributed by atoms with van der Waals surface area (Å²) in [5.74, 6) is 1.88. The Balaban J connectivity index is 2.11. The summed E-state index contributed by atoms with van der Waals surface area (Å²) >= 11 is 9.71. The van der Waals surface area contributed by atoms with E-state index in [0.717, 1.165) is 29.3 Å². The normalized spacial score (nSPS) is 19.6. The van der Waals surface area contributed by atoms with Crippen molar-refractivity contribution < 1.29 is 4.79 Å². The van der Waals surface area contributed by atoms with Crippen LogP contribution in [0.4, 0.5) is 0 Å². The van der Waals surface area contributed by atoms with Crippen LogP contribution in [0, 0.1) is 0 Å². The molecule has 2 rings (SSSR count). The molecule has 1 heterocycles. The molecular weight excluding hydrogens is 286 g/mol. The van der Waals surface area contributed by atoms with Crippen molar-refractivity contribution in [3.8, 4) is 0 Å². The highest BCUT2D eigenvalue weighted by Gasteiger charge is 2.33. The lowest BCUT2D eigenvalue weighted by Gasteiger charge is -2.24. The van der Waals surface area contributed by atoms with Crippen LogP contribution in [0.5, 0.6) is 0 Å². The van der Waals surface area contributed by atoms with Gasteiger partial charge in [0.25, 0.3) is 0 Å². The monoisotopic (exact) mass is 301 g/mol. The average Bonchev–Trinajstić information content (AvgIpc) is 2.72. The fourth-order valence-corrected chi connectivity index (χ4v) is 3.98. The average molecular weight is 302 g/mol. The lowest BCUT2D eigenvalue weighted by Crippen LogP contribution is -2.29.